The van der Waals surface area contributed by atoms with Crippen LogP contribution in [0.3, 0.4) is 0 Å². The molecule has 0 aromatic rings. The van der Waals surface area contributed by atoms with Gasteiger partial charge in [0, 0.05) is 6.54 Å². The van der Waals surface area contributed by atoms with Gasteiger partial charge in [-0.1, -0.05) is 51.9 Å². The Morgan fingerprint density at radius 2 is 1.39 bits per heavy atom. The van der Waals surface area contributed by atoms with Crippen LogP contribution in [0.5, 0.6) is 0 Å². The molecule has 0 bridgehead atoms. The second-order valence-corrected chi connectivity index (χ2v) is 6.79. The normalized spacial score (nSPS) is 11.9. The van der Waals surface area contributed by atoms with E-state index in [2.05, 4.69) is 17.0 Å². The molecule has 0 aromatic carbocycles. The number of sulfonamides is 1. The van der Waals surface area contributed by atoms with E-state index in [0.29, 0.717) is 6.54 Å². The van der Waals surface area contributed by atoms with Gasteiger partial charge in [0.1, 0.15) is 0 Å². The van der Waals surface area contributed by atoms with Crippen molar-refractivity contribution in [3.8, 4) is 0 Å². The fraction of sp³-hybridized carbons (Fsp3) is 1.00. The number of nitrogens with one attached hydrogen (secondary N) is 2. The average molecular weight is 278 g/mol. The van der Waals surface area contributed by atoms with Gasteiger partial charge in [0.2, 0.25) is 10.0 Å². The van der Waals surface area contributed by atoms with Gasteiger partial charge in [-0.25, -0.2) is 13.1 Å². The quantitative estimate of drug-likeness (QED) is 0.508. The standard InChI is InChI=1S/C13H30N2O2S/c1-3-4-5-6-7-8-9-10-11-15-12-13-18(16,17)14-2/h14-15H,3-13H2,1-2H3. The third-order valence-electron chi connectivity index (χ3n) is 3.07. The first-order valence-electron chi connectivity index (χ1n) is 7.24. The van der Waals surface area contributed by atoms with E-state index in [-0.39, 0.29) is 5.75 Å². The molecule has 110 valence electrons. The second kappa shape index (κ2) is 11.9. The Bertz CT molecular complexity index is 266. The number of hydrogen-bond acceptors (Lipinski definition) is 3. The first kappa shape index (κ1) is 17.9. The van der Waals surface area contributed by atoms with Crippen molar-refractivity contribution in [2.45, 2.75) is 58.3 Å². The summed E-state index contributed by atoms with van der Waals surface area (Å²) in [6, 6.07) is 0. The molecule has 0 unspecified atom stereocenters. The molecule has 0 saturated carbocycles. The molecule has 0 rings (SSSR count). The molecule has 0 spiro atoms. The zero-order valence-corrected chi connectivity index (χ0v) is 12.8. The summed E-state index contributed by atoms with van der Waals surface area (Å²) < 4.78 is 24.5. The molecule has 5 heteroatoms. The summed E-state index contributed by atoms with van der Waals surface area (Å²) in [5.41, 5.74) is 0. The van der Waals surface area contributed by atoms with Gasteiger partial charge in [-0.3, -0.25) is 0 Å². The van der Waals surface area contributed by atoms with E-state index in [4.69, 9.17) is 0 Å². The number of unbranched alkanes of at least 4 members (excludes halogenated alkanes) is 7. The smallest absolute Gasteiger partial charge is 0.212 e. The van der Waals surface area contributed by atoms with Crippen LogP contribution in [-0.4, -0.2) is 34.3 Å². The molecule has 4 nitrogen and oxygen atoms in total. The minimum atomic E-state index is -3.04. The molecule has 0 aliphatic rings. The monoisotopic (exact) mass is 278 g/mol. The maximum absolute atomic E-state index is 11.1. The molecule has 0 heterocycles. The molecule has 0 radical (unpaired) electrons. The highest BCUT2D eigenvalue weighted by Crippen LogP contribution is 2.07. The molecular formula is C13H30N2O2S. The highest BCUT2D eigenvalue weighted by molar-refractivity contribution is 7.89. The third-order valence-corrected chi connectivity index (χ3v) is 4.43. The largest absolute Gasteiger partial charge is 0.316 e. The molecule has 0 aliphatic carbocycles. The van der Waals surface area contributed by atoms with Gasteiger partial charge in [0.15, 0.2) is 0 Å². The highest BCUT2D eigenvalue weighted by atomic mass is 32.2. The minimum absolute atomic E-state index is 0.167. The lowest BCUT2D eigenvalue weighted by molar-refractivity contribution is 0.556. The molecule has 18 heavy (non-hydrogen) atoms. The van der Waals surface area contributed by atoms with Gasteiger partial charge in [-0.15, -0.1) is 0 Å². The SMILES string of the molecule is CCCCCCCCCCNCCS(=O)(=O)NC. The fourth-order valence-corrected chi connectivity index (χ4v) is 2.43. The molecule has 0 aliphatic heterocycles. The molecule has 0 fully saturated rings. The van der Waals surface area contributed by atoms with Gasteiger partial charge in [0.25, 0.3) is 0 Å². The van der Waals surface area contributed by atoms with E-state index < -0.39 is 10.0 Å². The summed E-state index contributed by atoms with van der Waals surface area (Å²) in [6.07, 6.45) is 10.4. The molecule has 0 aromatic heterocycles. The van der Waals surface area contributed by atoms with Gasteiger partial charge in [0.05, 0.1) is 5.75 Å². The lowest BCUT2D eigenvalue weighted by atomic mass is 10.1. The van der Waals surface area contributed by atoms with Crippen molar-refractivity contribution in [3.05, 3.63) is 0 Å². The first-order valence-corrected chi connectivity index (χ1v) is 8.89. The Hall–Kier alpha value is -0.130. The predicted molar refractivity (Wildman–Crippen MR) is 78.3 cm³/mol. The lowest BCUT2D eigenvalue weighted by Gasteiger charge is -2.05. The maximum atomic E-state index is 11.1. The summed E-state index contributed by atoms with van der Waals surface area (Å²) in [4.78, 5) is 0. The Morgan fingerprint density at radius 3 is 1.94 bits per heavy atom. The van der Waals surface area contributed by atoms with E-state index in [0.717, 1.165) is 13.0 Å². The van der Waals surface area contributed by atoms with E-state index in [1.54, 1.807) is 0 Å². The summed E-state index contributed by atoms with van der Waals surface area (Å²) in [6.45, 7) is 3.70. The molecule has 2 N–H and O–H groups in total. The topological polar surface area (TPSA) is 58.2 Å². The summed E-state index contributed by atoms with van der Waals surface area (Å²) in [5, 5.41) is 3.17. The number of hydrogen-bond donors (Lipinski definition) is 2. The van der Waals surface area contributed by atoms with E-state index in [1.807, 2.05) is 0 Å². The molecule has 0 atom stereocenters. The molecule has 0 amide bonds. The van der Waals surface area contributed by atoms with Crippen molar-refractivity contribution in [1.29, 1.82) is 0 Å². The van der Waals surface area contributed by atoms with Crippen LogP contribution in [0, 0.1) is 0 Å². The predicted octanol–water partition coefficient (Wildman–Crippen LogP) is 2.27. The van der Waals surface area contributed by atoms with Gasteiger partial charge in [-0.2, -0.15) is 0 Å². The zero-order chi connectivity index (χ0) is 13.7. The highest BCUT2D eigenvalue weighted by Gasteiger charge is 2.04. The van der Waals surface area contributed by atoms with Crippen molar-refractivity contribution in [1.82, 2.24) is 10.0 Å². The van der Waals surface area contributed by atoms with E-state index in [9.17, 15) is 8.42 Å². The Morgan fingerprint density at radius 1 is 0.833 bits per heavy atom. The molecule has 0 saturated heterocycles. The van der Waals surface area contributed by atoms with Crippen LogP contribution >= 0.6 is 0 Å². The Labute approximate surface area is 113 Å². The second-order valence-electron chi connectivity index (χ2n) is 4.75. The van der Waals surface area contributed by atoms with Crippen molar-refractivity contribution >= 4 is 10.0 Å². The van der Waals surface area contributed by atoms with Crippen LogP contribution in [0.25, 0.3) is 0 Å². The van der Waals surface area contributed by atoms with Crippen molar-refractivity contribution < 1.29 is 8.42 Å². The zero-order valence-electron chi connectivity index (χ0n) is 12.0. The van der Waals surface area contributed by atoms with Crippen LogP contribution in [0.15, 0.2) is 0 Å². The summed E-state index contributed by atoms with van der Waals surface area (Å²) in [7, 11) is -1.59. The van der Waals surface area contributed by atoms with E-state index in [1.165, 1.54) is 52.0 Å². The van der Waals surface area contributed by atoms with E-state index >= 15 is 0 Å². The first-order chi connectivity index (χ1) is 8.62. The summed E-state index contributed by atoms with van der Waals surface area (Å²) >= 11 is 0. The number of rotatable bonds is 13. The van der Waals surface area contributed by atoms with Gasteiger partial charge in [-0.05, 0) is 20.0 Å². The maximum Gasteiger partial charge on any atom is 0.212 e. The van der Waals surface area contributed by atoms with Crippen molar-refractivity contribution in [2.24, 2.45) is 0 Å². The van der Waals surface area contributed by atoms with Crippen LogP contribution < -0.4 is 10.0 Å². The van der Waals surface area contributed by atoms with Gasteiger partial charge >= 0.3 is 0 Å². The van der Waals surface area contributed by atoms with Crippen LogP contribution in [-0.2, 0) is 10.0 Å². The lowest BCUT2D eigenvalue weighted by Crippen LogP contribution is -2.30. The van der Waals surface area contributed by atoms with Crippen LogP contribution in [0.4, 0.5) is 0 Å². The molecular weight excluding hydrogens is 248 g/mol. The average Bonchev–Trinajstić information content (AvgIpc) is 2.36. The Kier molecular flexibility index (Phi) is 11.8. The minimum Gasteiger partial charge on any atom is -0.316 e. The summed E-state index contributed by atoms with van der Waals surface area (Å²) in [5.74, 6) is 0.167. The van der Waals surface area contributed by atoms with Crippen molar-refractivity contribution in [2.75, 3.05) is 25.9 Å². The van der Waals surface area contributed by atoms with Crippen LogP contribution in [0.1, 0.15) is 58.3 Å². The van der Waals surface area contributed by atoms with Gasteiger partial charge < -0.3 is 5.32 Å². The van der Waals surface area contributed by atoms with Crippen molar-refractivity contribution in [3.63, 3.8) is 0 Å². The third kappa shape index (κ3) is 12.3. The fourth-order valence-electron chi connectivity index (χ4n) is 1.82. The van der Waals surface area contributed by atoms with Crippen LogP contribution in [0.2, 0.25) is 0 Å². The Balaban J connectivity index is 3.12.